The van der Waals surface area contributed by atoms with Crippen molar-refractivity contribution in [3.8, 4) is 0 Å². The summed E-state index contributed by atoms with van der Waals surface area (Å²) in [6.45, 7) is 4.23. The van der Waals surface area contributed by atoms with Crippen LogP contribution in [0.3, 0.4) is 0 Å². The Labute approximate surface area is 165 Å². The van der Waals surface area contributed by atoms with Crippen molar-refractivity contribution in [1.82, 2.24) is 14.3 Å². The van der Waals surface area contributed by atoms with E-state index >= 15 is 0 Å². The molecule has 0 unspecified atom stereocenters. The number of carbonyl (C=O) groups excluding carboxylic acids is 3. The summed E-state index contributed by atoms with van der Waals surface area (Å²) in [5.41, 5.74) is 8.43. The Morgan fingerprint density at radius 1 is 1.29 bits per heavy atom. The third-order valence-corrected chi connectivity index (χ3v) is 6.03. The number of carbonyl (C=O) groups is 3. The number of nitrogens with two attached hydrogens (primary N) is 1. The van der Waals surface area contributed by atoms with Gasteiger partial charge in [0.15, 0.2) is 0 Å². The predicted octanol–water partition coefficient (Wildman–Crippen LogP) is 1.96. The Bertz CT molecular complexity index is 1130. The lowest BCUT2D eigenvalue weighted by Crippen LogP contribution is -2.34. The van der Waals surface area contributed by atoms with Crippen LogP contribution in [0.1, 0.15) is 43.9 Å². The zero-order chi connectivity index (χ0) is 20.0. The smallest absolute Gasteiger partial charge is 0.275 e. The number of imidazole rings is 1. The molecule has 144 valence electrons. The van der Waals surface area contributed by atoms with Gasteiger partial charge >= 0.3 is 0 Å². The van der Waals surface area contributed by atoms with Gasteiger partial charge in [-0.15, -0.1) is 11.3 Å². The first kappa shape index (κ1) is 18.2. The first-order valence-electron chi connectivity index (χ1n) is 8.81. The highest BCUT2D eigenvalue weighted by Crippen LogP contribution is 2.37. The van der Waals surface area contributed by atoms with Crippen LogP contribution >= 0.6 is 11.3 Å². The van der Waals surface area contributed by atoms with Gasteiger partial charge in [0.25, 0.3) is 11.8 Å². The Morgan fingerprint density at radius 3 is 2.79 bits per heavy atom. The van der Waals surface area contributed by atoms with E-state index in [0.29, 0.717) is 47.1 Å². The third kappa shape index (κ3) is 2.93. The van der Waals surface area contributed by atoms with Gasteiger partial charge in [0.2, 0.25) is 5.91 Å². The highest BCUT2D eigenvalue weighted by Gasteiger charge is 2.29. The largest absolute Gasteiger partial charge is 0.365 e. The average molecular weight is 397 g/mol. The van der Waals surface area contributed by atoms with Crippen molar-refractivity contribution in [1.29, 1.82) is 0 Å². The number of rotatable bonds is 3. The fraction of sp³-hybridized carbons (Fsp3) is 0.263. The summed E-state index contributed by atoms with van der Waals surface area (Å²) >= 11 is 1.29. The molecule has 1 aliphatic heterocycles. The molecular formula is C19H19N5O3S. The maximum absolute atomic E-state index is 13.0. The SMILES string of the molecule is CC(=O)N1CCc2c(sc(NC(=O)c3c(C)nc4ccccn34)c2C(N)=O)C1. The second-order valence-electron chi connectivity index (χ2n) is 6.69. The number of nitrogens with zero attached hydrogens (tertiary/aromatic N) is 3. The molecule has 0 aliphatic carbocycles. The summed E-state index contributed by atoms with van der Waals surface area (Å²) in [4.78, 5) is 43.8. The molecule has 0 saturated heterocycles. The minimum Gasteiger partial charge on any atom is -0.365 e. The van der Waals surface area contributed by atoms with Crippen molar-refractivity contribution < 1.29 is 14.4 Å². The number of primary amides is 1. The van der Waals surface area contributed by atoms with Gasteiger partial charge in [0.1, 0.15) is 16.3 Å². The van der Waals surface area contributed by atoms with E-state index in [4.69, 9.17) is 5.73 Å². The van der Waals surface area contributed by atoms with Crippen LogP contribution in [0, 0.1) is 6.92 Å². The van der Waals surface area contributed by atoms with E-state index in [-0.39, 0.29) is 11.8 Å². The van der Waals surface area contributed by atoms with Crippen molar-refractivity contribution in [2.75, 3.05) is 11.9 Å². The van der Waals surface area contributed by atoms with Gasteiger partial charge in [0.05, 0.1) is 17.8 Å². The molecule has 0 fully saturated rings. The Hall–Kier alpha value is -3.20. The van der Waals surface area contributed by atoms with E-state index in [1.807, 2.05) is 18.2 Å². The number of hydrogen-bond acceptors (Lipinski definition) is 5. The molecule has 3 aromatic heterocycles. The van der Waals surface area contributed by atoms with Gasteiger partial charge in [-0.2, -0.15) is 0 Å². The monoisotopic (exact) mass is 397 g/mol. The normalized spacial score (nSPS) is 13.4. The number of aryl methyl sites for hydroxylation is 1. The molecule has 28 heavy (non-hydrogen) atoms. The number of anilines is 1. The second-order valence-corrected chi connectivity index (χ2v) is 7.80. The summed E-state index contributed by atoms with van der Waals surface area (Å²) in [6, 6.07) is 5.49. The first-order valence-corrected chi connectivity index (χ1v) is 9.63. The van der Waals surface area contributed by atoms with Gasteiger partial charge in [0, 0.05) is 24.5 Å². The molecule has 0 bridgehead atoms. The molecule has 4 rings (SSSR count). The Morgan fingerprint density at radius 2 is 2.07 bits per heavy atom. The van der Waals surface area contributed by atoms with Gasteiger partial charge < -0.3 is 16.0 Å². The standard InChI is InChI=1S/C19H19N5O3S/c1-10-16(24-7-4-3-5-14(24)21-10)18(27)22-19-15(17(20)26)12-6-8-23(11(2)25)9-13(12)28-19/h3-5,7H,6,8-9H2,1-2H3,(H2,20,26)(H,22,27). The van der Waals surface area contributed by atoms with Crippen LogP contribution in [0.5, 0.6) is 0 Å². The van der Waals surface area contributed by atoms with E-state index in [2.05, 4.69) is 10.3 Å². The van der Waals surface area contributed by atoms with Gasteiger partial charge in [-0.05, 0) is 31.0 Å². The zero-order valence-electron chi connectivity index (χ0n) is 15.5. The molecule has 3 amide bonds. The van der Waals surface area contributed by atoms with E-state index in [0.717, 1.165) is 10.4 Å². The van der Waals surface area contributed by atoms with Crippen molar-refractivity contribution in [2.45, 2.75) is 26.8 Å². The molecule has 0 spiro atoms. The average Bonchev–Trinajstić information content (AvgIpc) is 3.16. The zero-order valence-corrected chi connectivity index (χ0v) is 16.3. The van der Waals surface area contributed by atoms with E-state index in [1.54, 1.807) is 22.4 Å². The summed E-state index contributed by atoms with van der Waals surface area (Å²) in [5.74, 6) is -0.966. The molecule has 8 nitrogen and oxygen atoms in total. The summed E-state index contributed by atoms with van der Waals surface area (Å²) in [6.07, 6.45) is 2.30. The molecule has 0 aromatic carbocycles. The van der Waals surface area contributed by atoms with Crippen LogP contribution in [0.15, 0.2) is 24.4 Å². The number of thiophene rings is 1. The molecule has 4 heterocycles. The molecule has 0 saturated carbocycles. The number of aromatic nitrogens is 2. The molecule has 0 radical (unpaired) electrons. The van der Waals surface area contributed by atoms with Gasteiger partial charge in [-0.1, -0.05) is 6.07 Å². The Balaban J connectivity index is 1.72. The number of pyridine rings is 1. The molecule has 1 aliphatic rings. The minimum absolute atomic E-state index is 0.0217. The molecule has 0 atom stereocenters. The van der Waals surface area contributed by atoms with Crippen LogP contribution in [-0.2, 0) is 17.8 Å². The molecule has 3 aromatic rings. The third-order valence-electron chi connectivity index (χ3n) is 4.89. The Kier molecular flexibility index (Phi) is 4.38. The van der Waals surface area contributed by atoms with Crippen molar-refractivity contribution in [3.05, 3.63) is 51.8 Å². The topological polar surface area (TPSA) is 110 Å². The van der Waals surface area contributed by atoms with Crippen LogP contribution in [0.4, 0.5) is 5.00 Å². The number of fused-ring (bicyclic) bond motifs is 2. The maximum atomic E-state index is 13.0. The summed E-state index contributed by atoms with van der Waals surface area (Å²) in [7, 11) is 0. The van der Waals surface area contributed by atoms with Crippen molar-refractivity contribution in [2.24, 2.45) is 5.73 Å². The van der Waals surface area contributed by atoms with Crippen LogP contribution in [0.25, 0.3) is 5.65 Å². The van der Waals surface area contributed by atoms with Gasteiger partial charge in [-0.3, -0.25) is 18.8 Å². The lowest BCUT2D eigenvalue weighted by atomic mass is 10.0. The summed E-state index contributed by atoms with van der Waals surface area (Å²) < 4.78 is 1.71. The lowest BCUT2D eigenvalue weighted by molar-refractivity contribution is -0.129. The molecule has 3 N–H and O–H groups in total. The molecular weight excluding hydrogens is 378 g/mol. The van der Waals surface area contributed by atoms with Crippen molar-refractivity contribution in [3.63, 3.8) is 0 Å². The van der Waals surface area contributed by atoms with Gasteiger partial charge in [-0.25, -0.2) is 4.98 Å². The highest BCUT2D eigenvalue weighted by molar-refractivity contribution is 7.17. The van der Waals surface area contributed by atoms with Crippen molar-refractivity contribution >= 4 is 39.7 Å². The maximum Gasteiger partial charge on any atom is 0.275 e. The predicted molar refractivity (Wildman–Crippen MR) is 106 cm³/mol. The number of hydrogen-bond donors (Lipinski definition) is 2. The number of nitrogens with one attached hydrogen (secondary N) is 1. The second kappa shape index (κ2) is 6.75. The quantitative estimate of drug-likeness (QED) is 0.704. The summed E-state index contributed by atoms with van der Waals surface area (Å²) in [5, 5.41) is 3.26. The van der Waals surface area contributed by atoms with Crippen LogP contribution < -0.4 is 11.1 Å². The van der Waals surface area contributed by atoms with Crippen LogP contribution in [-0.4, -0.2) is 38.6 Å². The van der Waals surface area contributed by atoms with E-state index in [1.165, 1.54) is 18.3 Å². The first-order chi connectivity index (χ1) is 13.4. The molecule has 9 heteroatoms. The fourth-order valence-corrected chi connectivity index (χ4v) is 4.83. The highest BCUT2D eigenvalue weighted by atomic mass is 32.1. The van der Waals surface area contributed by atoms with Crippen LogP contribution in [0.2, 0.25) is 0 Å². The number of amides is 3. The fourth-order valence-electron chi connectivity index (χ4n) is 3.57. The lowest BCUT2D eigenvalue weighted by Gasteiger charge is -2.25. The van der Waals surface area contributed by atoms with E-state index in [9.17, 15) is 14.4 Å². The minimum atomic E-state index is -0.584. The van der Waals surface area contributed by atoms with E-state index < -0.39 is 5.91 Å².